The van der Waals surface area contributed by atoms with Crippen LogP contribution in [0.1, 0.15) is 49.4 Å². The number of nitrogens with zero attached hydrogens (tertiary/aromatic N) is 1. The molecule has 4 aliphatic rings. The van der Waals surface area contributed by atoms with Crippen LogP contribution in [0.15, 0.2) is 48.7 Å². The number of amides is 2. The molecule has 4 atom stereocenters. The Balaban J connectivity index is 1.49. The smallest absolute Gasteiger partial charge is 0.310 e. The van der Waals surface area contributed by atoms with Gasteiger partial charge in [0.05, 0.1) is 32.8 Å². The Kier molecular flexibility index (Phi) is 7.82. The number of methoxy groups -OCH3 is 2. The van der Waals surface area contributed by atoms with Gasteiger partial charge in [-0.3, -0.25) is 19.3 Å². The standard InChI is InChI=1S/C34H40N2O9Si/c1-9-10-36-27(37)15-22(32(36)38)35-30-20-14-24-23(43-17-44-24)13-19(20)28(29-21(30)16-42-33(29)39)18-11-25(40-5)31(26(12-18)41-6)45-46(7,8)34(2,3)4/h9,11-15,21,28-30,35H,1,10,16-17H2,2-8H3/t21-,28+,29-,30+/m0/s1. The minimum absolute atomic E-state index is 0.0612. The average molecular weight is 649 g/mol. The SMILES string of the molecule is C=CCN1C(=O)C=C(N[C@@H]2c3cc4c(cc3[C@@H](c3cc(OC)c(O[Si](C)(C)C(C)(C)C)c(OC)c3)[C@H]3C(=O)OC[C@@H]32)OCO4)C1=O. The molecular formula is C34H40N2O9Si. The highest BCUT2D eigenvalue weighted by molar-refractivity contribution is 6.74. The molecule has 0 unspecified atom stereocenters. The Morgan fingerprint density at radius 3 is 2.22 bits per heavy atom. The number of ether oxygens (including phenoxy) is 5. The van der Waals surface area contributed by atoms with E-state index >= 15 is 0 Å². The summed E-state index contributed by atoms with van der Waals surface area (Å²) in [6.45, 7) is 14.7. The fourth-order valence-corrected chi connectivity index (χ4v) is 7.44. The average Bonchev–Trinajstić information content (AvgIpc) is 3.69. The first kappa shape index (κ1) is 31.5. The van der Waals surface area contributed by atoms with Gasteiger partial charge in [0.1, 0.15) is 5.70 Å². The molecule has 244 valence electrons. The monoisotopic (exact) mass is 648 g/mol. The highest BCUT2D eigenvalue weighted by Gasteiger charge is 2.53. The zero-order chi connectivity index (χ0) is 33.1. The van der Waals surface area contributed by atoms with Gasteiger partial charge in [-0.1, -0.05) is 26.8 Å². The number of esters is 1. The topological polar surface area (TPSA) is 122 Å². The summed E-state index contributed by atoms with van der Waals surface area (Å²) < 4.78 is 35.7. The van der Waals surface area contributed by atoms with E-state index in [0.29, 0.717) is 28.7 Å². The van der Waals surface area contributed by atoms with Crippen LogP contribution in [-0.4, -0.2) is 65.2 Å². The molecule has 0 aromatic heterocycles. The summed E-state index contributed by atoms with van der Waals surface area (Å²) in [7, 11) is 0.880. The van der Waals surface area contributed by atoms with Crippen LogP contribution in [0, 0.1) is 11.8 Å². The minimum atomic E-state index is -2.29. The number of fused-ring (bicyclic) bond motifs is 3. The summed E-state index contributed by atoms with van der Waals surface area (Å²) in [6, 6.07) is 7.02. The molecule has 0 saturated carbocycles. The Morgan fingerprint density at radius 2 is 1.63 bits per heavy atom. The number of benzene rings is 2. The number of hydrogen-bond acceptors (Lipinski definition) is 10. The Labute approximate surface area is 269 Å². The van der Waals surface area contributed by atoms with E-state index in [1.807, 2.05) is 24.3 Å². The predicted octanol–water partition coefficient (Wildman–Crippen LogP) is 4.82. The van der Waals surface area contributed by atoms with Crippen molar-refractivity contribution in [2.24, 2.45) is 11.8 Å². The first-order valence-electron chi connectivity index (χ1n) is 15.3. The van der Waals surface area contributed by atoms with Crippen molar-refractivity contribution in [1.82, 2.24) is 10.2 Å². The van der Waals surface area contributed by atoms with Crippen LogP contribution in [0.25, 0.3) is 0 Å². The number of imide groups is 1. The molecule has 2 amide bonds. The Hall–Kier alpha value is -4.45. The van der Waals surface area contributed by atoms with Crippen molar-refractivity contribution >= 4 is 26.1 Å². The Morgan fingerprint density at radius 1 is 1.00 bits per heavy atom. The molecule has 3 heterocycles. The lowest BCUT2D eigenvalue weighted by Crippen LogP contribution is -2.44. The van der Waals surface area contributed by atoms with E-state index < -0.39 is 38.0 Å². The summed E-state index contributed by atoms with van der Waals surface area (Å²) in [6.07, 6.45) is 2.78. The zero-order valence-electron chi connectivity index (χ0n) is 27.2. The molecule has 1 aliphatic carbocycles. The van der Waals surface area contributed by atoms with Gasteiger partial charge in [-0.25, -0.2) is 0 Å². The normalized spacial score (nSPS) is 23.4. The van der Waals surface area contributed by atoms with Gasteiger partial charge in [0, 0.05) is 24.5 Å². The van der Waals surface area contributed by atoms with Gasteiger partial charge < -0.3 is 33.4 Å². The third-order valence-electron chi connectivity index (χ3n) is 9.82. The fourth-order valence-electron chi connectivity index (χ4n) is 6.42. The zero-order valence-corrected chi connectivity index (χ0v) is 28.2. The van der Waals surface area contributed by atoms with Crippen molar-refractivity contribution < 1.29 is 42.5 Å². The van der Waals surface area contributed by atoms with Crippen molar-refractivity contribution in [2.75, 3.05) is 34.2 Å². The van der Waals surface area contributed by atoms with E-state index in [1.165, 1.54) is 12.2 Å². The maximum Gasteiger partial charge on any atom is 0.310 e. The van der Waals surface area contributed by atoms with Gasteiger partial charge in [-0.05, 0) is 59.1 Å². The first-order valence-corrected chi connectivity index (χ1v) is 18.2. The number of nitrogens with one attached hydrogen (secondary N) is 1. The number of rotatable bonds is 9. The van der Waals surface area contributed by atoms with Crippen molar-refractivity contribution in [3.8, 4) is 28.7 Å². The van der Waals surface area contributed by atoms with E-state index in [4.69, 9.17) is 28.1 Å². The van der Waals surface area contributed by atoms with Gasteiger partial charge in [0.25, 0.3) is 20.1 Å². The van der Waals surface area contributed by atoms with Crippen molar-refractivity contribution in [3.63, 3.8) is 0 Å². The number of carbonyl (C=O) groups excluding carboxylic acids is 3. The highest BCUT2D eigenvalue weighted by Crippen LogP contribution is 2.56. The third-order valence-corrected chi connectivity index (χ3v) is 14.2. The lowest BCUT2D eigenvalue weighted by atomic mass is 9.65. The maximum absolute atomic E-state index is 13.6. The molecule has 3 aliphatic heterocycles. The van der Waals surface area contributed by atoms with Gasteiger partial charge >= 0.3 is 5.97 Å². The Bertz CT molecular complexity index is 1640. The van der Waals surface area contributed by atoms with Crippen LogP contribution >= 0.6 is 0 Å². The van der Waals surface area contributed by atoms with E-state index in [9.17, 15) is 14.4 Å². The third kappa shape index (κ3) is 5.08. The molecule has 2 aromatic rings. The van der Waals surface area contributed by atoms with Crippen LogP contribution in [0.2, 0.25) is 18.1 Å². The molecule has 0 radical (unpaired) electrons. The highest BCUT2D eigenvalue weighted by atomic mass is 28.4. The molecule has 0 spiro atoms. The molecule has 2 aromatic carbocycles. The second-order valence-corrected chi connectivity index (χ2v) is 18.2. The summed E-state index contributed by atoms with van der Waals surface area (Å²) in [5.41, 5.74) is 2.51. The first-order chi connectivity index (χ1) is 21.8. The quantitative estimate of drug-likeness (QED) is 0.175. The molecular weight excluding hydrogens is 608 g/mol. The molecule has 46 heavy (non-hydrogen) atoms. The van der Waals surface area contributed by atoms with E-state index in [-0.39, 0.29) is 42.6 Å². The van der Waals surface area contributed by atoms with Gasteiger partial charge in [0.2, 0.25) is 6.79 Å². The lowest BCUT2D eigenvalue weighted by molar-refractivity contribution is -0.141. The minimum Gasteiger partial charge on any atom is -0.539 e. The summed E-state index contributed by atoms with van der Waals surface area (Å²) >= 11 is 0. The summed E-state index contributed by atoms with van der Waals surface area (Å²) in [5, 5.41) is 3.24. The maximum atomic E-state index is 13.6. The van der Waals surface area contributed by atoms with Crippen molar-refractivity contribution in [2.45, 2.75) is 50.9 Å². The largest absolute Gasteiger partial charge is 0.539 e. The molecule has 12 heteroatoms. The van der Waals surface area contributed by atoms with Crippen LogP contribution in [0.3, 0.4) is 0 Å². The molecule has 1 N–H and O–H groups in total. The summed E-state index contributed by atoms with van der Waals surface area (Å²) in [4.78, 5) is 40.5. The van der Waals surface area contributed by atoms with Gasteiger partial charge in [0.15, 0.2) is 28.7 Å². The second kappa shape index (κ2) is 11.4. The molecule has 11 nitrogen and oxygen atoms in total. The number of hydrogen-bond donors (Lipinski definition) is 1. The van der Waals surface area contributed by atoms with E-state index in [0.717, 1.165) is 21.6 Å². The van der Waals surface area contributed by atoms with Crippen LogP contribution in [-0.2, 0) is 19.1 Å². The summed E-state index contributed by atoms with van der Waals surface area (Å²) in [5.74, 6) is -0.145. The lowest BCUT2D eigenvalue weighted by Gasteiger charge is -2.40. The number of carbonyl (C=O) groups is 3. The molecule has 1 fully saturated rings. The fraction of sp³-hybridized carbons (Fsp3) is 0.441. The second-order valence-electron chi connectivity index (χ2n) is 13.5. The van der Waals surface area contributed by atoms with Gasteiger partial charge in [-0.2, -0.15) is 0 Å². The molecule has 0 bridgehead atoms. The number of cyclic esters (lactones) is 1. The van der Waals surface area contributed by atoms with Crippen LogP contribution < -0.4 is 28.7 Å². The van der Waals surface area contributed by atoms with Crippen molar-refractivity contribution in [3.05, 3.63) is 65.4 Å². The van der Waals surface area contributed by atoms with E-state index in [1.54, 1.807) is 14.2 Å². The molecule has 1 saturated heterocycles. The van der Waals surface area contributed by atoms with Crippen LogP contribution in [0.5, 0.6) is 28.7 Å². The predicted molar refractivity (Wildman–Crippen MR) is 171 cm³/mol. The van der Waals surface area contributed by atoms with Gasteiger partial charge in [-0.15, -0.1) is 6.58 Å². The van der Waals surface area contributed by atoms with Crippen molar-refractivity contribution in [1.29, 1.82) is 0 Å². The van der Waals surface area contributed by atoms with Crippen LogP contribution in [0.4, 0.5) is 0 Å². The molecule has 6 rings (SSSR count). The van der Waals surface area contributed by atoms with E-state index in [2.05, 4.69) is 45.8 Å².